The Morgan fingerprint density at radius 1 is 1.21 bits per heavy atom. The van der Waals surface area contributed by atoms with Crippen LogP contribution in [0, 0.1) is 30.1 Å². The van der Waals surface area contributed by atoms with E-state index in [0.29, 0.717) is 36.1 Å². The van der Waals surface area contributed by atoms with Gasteiger partial charge in [-0.25, -0.2) is 4.98 Å². The summed E-state index contributed by atoms with van der Waals surface area (Å²) in [6.45, 7) is 14.6. The van der Waals surface area contributed by atoms with Crippen LogP contribution in [0.3, 0.4) is 0 Å². The molecule has 0 saturated heterocycles. The molecular weight excluding hydrogens is 574 g/mol. The second-order valence-corrected chi connectivity index (χ2v) is 14.5. The van der Waals surface area contributed by atoms with Crippen molar-refractivity contribution in [2.75, 3.05) is 25.0 Å². The third-order valence-electron chi connectivity index (χ3n) is 9.85. The number of fused-ring (bicyclic) bond motifs is 5. The Kier molecular flexibility index (Phi) is 10.5. The minimum Gasteiger partial charge on any atom is -0.362 e. The van der Waals surface area contributed by atoms with E-state index in [-0.39, 0.29) is 34.8 Å². The van der Waals surface area contributed by atoms with Gasteiger partial charge in [-0.2, -0.15) is 8.42 Å². The Hall–Kier alpha value is -2.34. The molecule has 3 N–H and O–H groups in total. The molecule has 42 heavy (non-hydrogen) atoms. The van der Waals surface area contributed by atoms with E-state index in [1.807, 2.05) is 13.0 Å². The first-order valence-electron chi connectivity index (χ1n) is 15.3. The fourth-order valence-electron chi connectivity index (χ4n) is 7.72. The first kappa shape index (κ1) is 32.6. The summed E-state index contributed by atoms with van der Waals surface area (Å²) in [5, 5.41) is 3.49. The first-order valence-corrected chi connectivity index (χ1v) is 17.4. The lowest BCUT2D eigenvalue weighted by Crippen LogP contribution is -3.11. The van der Waals surface area contributed by atoms with E-state index < -0.39 is 10.4 Å². The van der Waals surface area contributed by atoms with Gasteiger partial charge in [0.15, 0.2) is 5.13 Å². The number of aryl methyl sites for hydroxylation is 2. The molecule has 1 aromatic carbocycles. The molecule has 5 rings (SSSR count). The third-order valence-corrected chi connectivity index (χ3v) is 11.1. The number of Topliss-reactive ketones (excluding diaryl/α,β-unsaturated/α-hetero) is 1. The highest BCUT2D eigenvalue weighted by Crippen LogP contribution is 2.62. The van der Waals surface area contributed by atoms with Crippen LogP contribution in [-0.2, 0) is 26.4 Å². The molecule has 9 nitrogen and oxygen atoms in total. The summed E-state index contributed by atoms with van der Waals surface area (Å²) in [5.41, 5.74) is 1.87. The van der Waals surface area contributed by atoms with Crippen molar-refractivity contribution in [3.05, 3.63) is 40.4 Å². The van der Waals surface area contributed by atoms with Crippen molar-refractivity contribution in [3.63, 3.8) is 0 Å². The molecule has 232 valence electrons. The fraction of sp³-hybridized carbons (Fsp3) is 0.645. The zero-order valence-corrected chi connectivity index (χ0v) is 27.1. The summed E-state index contributed by atoms with van der Waals surface area (Å²) in [5.74, 6) is 1.41. The first-order chi connectivity index (χ1) is 19.9. The number of ketones is 1. The van der Waals surface area contributed by atoms with Crippen LogP contribution in [0.25, 0.3) is 0 Å². The molecule has 2 saturated carbocycles. The number of quaternary nitrogens is 1. The van der Waals surface area contributed by atoms with Crippen LogP contribution >= 0.6 is 11.3 Å². The van der Waals surface area contributed by atoms with E-state index >= 15 is 0 Å². The Labute approximate surface area is 254 Å². The van der Waals surface area contributed by atoms with Crippen molar-refractivity contribution in [2.24, 2.45) is 23.2 Å². The maximum Gasteiger partial charge on any atom is 0.446 e. The number of nitrogens with one attached hydrogen (secondary N) is 2. The van der Waals surface area contributed by atoms with Gasteiger partial charge in [-0.15, -0.1) is 11.3 Å². The summed E-state index contributed by atoms with van der Waals surface area (Å²) >= 11 is 1.45. The number of nitrogens with zero attached hydrogens (tertiary/aromatic N) is 1. The molecule has 11 heteroatoms. The van der Waals surface area contributed by atoms with Gasteiger partial charge in [0.1, 0.15) is 11.5 Å². The molecule has 3 aliphatic carbocycles. The third kappa shape index (κ3) is 7.41. The van der Waals surface area contributed by atoms with Crippen LogP contribution in [0.4, 0.5) is 5.13 Å². The van der Waals surface area contributed by atoms with Crippen LogP contribution < -0.4 is 14.4 Å². The molecule has 3 aliphatic rings. The molecule has 2 aromatic rings. The number of thiazole rings is 1. The van der Waals surface area contributed by atoms with Crippen LogP contribution in [0.5, 0.6) is 5.75 Å². The Balaban J connectivity index is 0.000000517. The largest absolute Gasteiger partial charge is 0.446 e. The SMILES string of the molecule is CC[NH+](CC)CC.Cc1cnc(NC(=O)CC[C@@H]2CC(=O)[C@@]3(C)CCC4c5ccc(OS(=O)(=O)O)cc5CCC4C23)s1. The normalized spacial score (nSPS) is 26.5. The van der Waals surface area contributed by atoms with E-state index in [0.717, 1.165) is 36.1 Å². The lowest BCUT2D eigenvalue weighted by molar-refractivity contribution is -0.894. The zero-order valence-electron chi connectivity index (χ0n) is 25.4. The van der Waals surface area contributed by atoms with Gasteiger partial charge < -0.3 is 14.4 Å². The second-order valence-electron chi connectivity index (χ2n) is 12.2. The van der Waals surface area contributed by atoms with E-state index in [1.165, 1.54) is 36.5 Å². The number of carbonyl (C=O) groups excluding carboxylic acids is 2. The number of hydrogen-bond acceptors (Lipinski definition) is 7. The maximum absolute atomic E-state index is 13.2. The highest BCUT2D eigenvalue weighted by atomic mass is 32.3. The summed E-state index contributed by atoms with van der Waals surface area (Å²) < 4.78 is 35.9. The standard InChI is InChI=1S/C25H30N2O6S2.C6H15N/c1-14-13-26-24(34-14)27-22(29)8-4-16-12-21(28)25(2)10-9-19-18-7-5-17(33-35(30,31)32)11-15(18)3-6-20(19)23(16)25;1-4-7(5-2)6-3/h5,7,11,13,16,19-20,23H,3-4,6,8-10,12H2,1-2H3,(H,26,27,29)(H,30,31,32);4-6H2,1-3H3/p+1/t16-,19?,20?,23?,25-;/m1./s1. The number of hydrogen-bond donors (Lipinski definition) is 3. The molecule has 5 atom stereocenters. The maximum atomic E-state index is 13.2. The fourth-order valence-corrected chi connectivity index (χ4v) is 8.74. The van der Waals surface area contributed by atoms with Crippen LogP contribution in [-0.4, -0.2) is 49.3 Å². The summed E-state index contributed by atoms with van der Waals surface area (Å²) in [4.78, 5) is 32.7. The lowest BCUT2D eigenvalue weighted by atomic mass is 9.54. The number of aromatic nitrogens is 1. The number of anilines is 1. The van der Waals surface area contributed by atoms with Crippen molar-refractivity contribution in [2.45, 2.75) is 85.5 Å². The molecule has 0 aliphatic heterocycles. The van der Waals surface area contributed by atoms with Crippen molar-refractivity contribution >= 4 is 38.6 Å². The topological polar surface area (TPSA) is 127 Å². The molecule has 3 unspecified atom stereocenters. The Morgan fingerprint density at radius 2 is 1.93 bits per heavy atom. The Morgan fingerprint density at radius 3 is 2.52 bits per heavy atom. The van der Waals surface area contributed by atoms with Gasteiger partial charge >= 0.3 is 10.4 Å². The van der Waals surface area contributed by atoms with Crippen molar-refractivity contribution < 1.29 is 31.6 Å². The summed E-state index contributed by atoms with van der Waals surface area (Å²) in [6.07, 6.45) is 6.71. The number of amides is 1. The zero-order chi connectivity index (χ0) is 30.7. The smallest absolute Gasteiger partial charge is 0.362 e. The average Bonchev–Trinajstić information content (AvgIpc) is 3.46. The van der Waals surface area contributed by atoms with Gasteiger partial charge in [-0.05, 0) is 107 Å². The van der Waals surface area contributed by atoms with Gasteiger partial charge in [-0.3, -0.25) is 14.1 Å². The van der Waals surface area contributed by atoms with Crippen molar-refractivity contribution in [1.82, 2.24) is 4.98 Å². The number of carbonyl (C=O) groups is 2. The van der Waals surface area contributed by atoms with Gasteiger partial charge in [0.2, 0.25) is 5.91 Å². The lowest BCUT2D eigenvalue weighted by Gasteiger charge is -2.50. The molecule has 2 fully saturated rings. The molecule has 1 amide bonds. The van der Waals surface area contributed by atoms with Gasteiger partial charge in [0, 0.05) is 29.3 Å². The minimum atomic E-state index is -4.57. The highest BCUT2D eigenvalue weighted by Gasteiger charge is 2.58. The summed E-state index contributed by atoms with van der Waals surface area (Å²) in [6, 6.07) is 5.20. The minimum absolute atomic E-state index is 0.0619. The monoisotopic (exact) mass is 620 g/mol. The van der Waals surface area contributed by atoms with E-state index in [9.17, 15) is 18.0 Å². The van der Waals surface area contributed by atoms with E-state index in [4.69, 9.17) is 4.55 Å². The van der Waals surface area contributed by atoms with Gasteiger partial charge in [0.25, 0.3) is 0 Å². The molecule has 1 aromatic heterocycles. The second kappa shape index (κ2) is 13.5. The average molecular weight is 621 g/mol. The highest BCUT2D eigenvalue weighted by molar-refractivity contribution is 7.81. The van der Waals surface area contributed by atoms with Crippen LogP contribution in [0.15, 0.2) is 24.4 Å². The number of benzene rings is 1. The molecular formula is C31H46N3O6S2+. The molecule has 0 bridgehead atoms. The predicted octanol–water partition coefficient (Wildman–Crippen LogP) is 4.63. The van der Waals surface area contributed by atoms with E-state index in [1.54, 1.807) is 23.2 Å². The molecule has 0 radical (unpaired) electrons. The van der Waals surface area contributed by atoms with Crippen molar-refractivity contribution in [3.8, 4) is 5.75 Å². The van der Waals surface area contributed by atoms with Gasteiger partial charge in [-0.1, -0.05) is 13.0 Å². The Bertz CT molecular complexity index is 1370. The quantitative estimate of drug-likeness (QED) is 0.349. The molecule has 0 spiro atoms. The molecule has 1 heterocycles. The van der Waals surface area contributed by atoms with Crippen molar-refractivity contribution in [1.29, 1.82) is 0 Å². The van der Waals surface area contributed by atoms with Crippen LogP contribution in [0.2, 0.25) is 0 Å². The van der Waals surface area contributed by atoms with Gasteiger partial charge in [0.05, 0.1) is 19.6 Å². The van der Waals surface area contributed by atoms with E-state index in [2.05, 4.69) is 42.2 Å². The van der Waals surface area contributed by atoms with Crippen LogP contribution in [0.1, 0.15) is 88.1 Å². The predicted molar refractivity (Wildman–Crippen MR) is 164 cm³/mol. The summed E-state index contributed by atoms with van der Waals surface area (Å²) in [7, 11) is -4.57. The number of rotatable bonds is 9.